The lowest BCUT2D eigenvalue weighted by Crippen LogP contribution is -2.12. The van der Waals surface area contributed by atoms with E-state index in [2.05, 4.69) is 43.2 Å². The minimum Gasteiger partial charge on any atom is -0.299 e. The largest absolute Gasteiger partial charge is 0.299 e. The summed E-state index contributed by atoms with van der Waals surface area (Å²) >= 11 is 5.55. The van der Waals surface area contributed by atoms with Crippen molar-refractivity contribution in [3.63, 3.8) is 0 Å². The summed E-state index contributed by atoms with van der Waals surface area (Å²) in [7, 11) is -2.67. The molecule has 0 saturated carbocycles. The van der Waals surface area contributed by atoms with Crippen LogP contribution in [0, 0.1) is 8.35 Å². The molecular formula is C8H10BrIN2OS. The molecule has 1 rings (SSSR count). The Kier molecular flexibility index (Phi) is 4.20. The highest BCUT2D eigenvalue weighted by atomic mass is 127. The van der Waals surface area contributed by atoms with E-state index >= 15 is 0 Å². The maximum atomic E-state index is 11.5. The van der Waals surface area contributed by atoms with Crippen LogP contribution >= 0.6 is 38.5 Å². The van der Waals surface area contributed by atoms with Gasteiger partial charge in [-0.2, -0.15) is 0 Å². The highest BCUT2D eigenvalue weighted by Gasteiger charge is 2.04. The van der Waals surface area contributed by atoms with Crippen LogP contribution in [0.5, 0.6) is 0 Å². The van der Waals surface area contributed by atoms with Crippen LogP contribution in [0.2, 0.25) is 0 Å². The molecule has 0 bridgehead atoms. The predicted molar refractivity (Wildman–Crippen MR) is 71.9 cm³/mol. The zero-order valence-corrected chi connectivity index (χ0v) is 12.1. The maximum Gasteiger partial charge on any atom is 0.126 e. The summed E-state index contributed by atoms with van der Waals surface area (Å²) in [5, 5.41) is 0. The number of rotatable bonds is 3. The summed E-state index contributed by atoms with van der Waals surface area (Å²) in [5.74, 6) is 0.305. The van der Waals surface area contributed by atoms with Gasteiger partial charge < -0.3 is 0 Å². The summed E-state index contributed by atoms with van der Waals surface area (Å²) in [5.41, 5.74) is 0.722. The quantitative estimate of drug-likeness (QED) is 0.765. The lowest BCUT2D eigenvalue weighted by atomic mass is 10.3. The van der Waals surface area contributed by atoms with Crippen LogP contribution in [0.25, 0.3) is 0 Å². The summed E-state index contributed by atoms with van der Waals surface area (Å²) in [6.07, 6.45) is 0. The van der Waals surface area contributed by atoms with Gasteiger partial charge in [0.15, 0.2) is 0 Å². The Labute approximate surface area is 106 Å². The van der Waals surface area contributed by atoms with Crippen molar-refractivity contribution in [2.45, 2.75) is 6.92 Å². The van der Waals surface area contributed by atoms with E-state index in [4.69, 9.17) is 4.78 Å². The van der Waals surface area contributed by atoms with E-state index in [0.29, 0.717) is 5.75 Å². The van der Waals surface area contributed by atoms with E-state index in [1.54, 1.807) is 13.0 Å². The topological polar surface area (TPSA) is 53.0 Å². The van der Waals surface area contributed by atoms with Crippen molar-refractivity contribution in [1.82, 2.24) is 0 Å². The van der Waals surface area contributed by atoms with Gasteiger partial charge in [0, 0.05) is 19.5 Å². The first kappa shape index (κ1) is 12.3. The summed E-state index contributed by atoms with van der Waals surface area (Å²) in [6.45, 7) is 1.73. The Morgan fingerprint density at radius 3 is 2.79 bits per heavy atom. The van der Waals surface area contributed by atoms with Gasteiger partial charge in [-0.25, -0.2) is 8.99 Å². The standard InChI is InChI=1S/C8H10BrIN2OS/c1-2-14(11,13)12-6-3-4-7(9)8(10)5-6/h3-5H,2H2,1H3,(H2,11,12,13). The third kappa shape index (κ3) is 3.39. The molecule has 0 aliphatic heterocycles. The highest BCUT2D eigenvalue weighted by Crippen LogP contribution is 2.23. The third-order valence-corrected chi connectivity index (χ3v) is 5.31. The molecule has 0 saturated heterocycles. The van der Waals surface area contributed by atoms with Crippen molar-refractivity contribution in [2.75, 3.05) is 10.5 Å². The van der Waals surface area contributed by atoms with Crippen LogP contribution in [0.1, 0.15) is 6.92 Å². The molecule has 0 spiro atoms. The van der Waals surface area contributed by atoms with Crippen molar-refractivity contribution in [3.8, 4) is 0 Å². The fraction of sp³-hybridized carbons (Fsp3) is 0.250. The molecule has 0 amide bonds. The first-order chi connectivity index (χ1) is 6.44. The molecule has 78 valence electrons. The molecule has 0 aliphatic rings. The summed E-state index contributed by atoms with van der Waals surface area (Å²) in [6, 6.07) is 5.53. The van der Waals surface area contributed by atoms with E-state index in [1.165, 1.54) is 0 Å². The Hall–Kier alpha value is 0.180. The molecule has 0 fully saturated rings. The molecular weight excluding hydrogens is 379 g/mol. The maximum absolute atomic E-state index is 11.5. The minimum atomic E-state index is -2.67. The van der Waals surface area contributed by atoms with Crippen LogP contribution in [0.3, 0.4) is 0 Å². The lowest BCUT2D eigenvalue weighted by Gasteiger charge is -2.09. The molecule has 1 unspecified atom stereocenters. The number of hydrogen-bond donors (Lipinski definition) is 2. The smallest absolute Gasteiger partial charge is 0.126 e. The Bertz CT molecular complexity index is 433. The molecule has 14 heavy (non-hydrogen) atoms. The van der Waals surface area contributed by atoms with E-state index < -0.39 is 9.92 Å². The highest BCUT2D eigenvalue weighted by molar-refractivity contribution is 14.1. The van der Waals surface area contributed by atoms with Gasteiger partial charge in [-0.15, -0.1) is 0 Å². The zero-order chi connectivity index (χ0) is 10.8. The molecule has 0 radical (unpaired) electrons. The van der Waals surface area contributed by atoms with Gasteiger partial charge >= 0.3 is 0 Å². The van der Waals surface area contributed by atoms with Gasteiger partial charge in [-0.05, 0) is 56.7 Å². The van der Waals surface area contributed by atoms with Crippen molar-refractivity contribution < 1.29 is 4.21 Å². The second-order valence-electron chi connectivity index (χ2n) is 2.69. The molecule has 2 N–H and O–H groups in total. The normalized spacial score (nSPS) is 14.8. The van der Waals surface area contributed by atoms with E-state index in [9.17, 15) is 4.21 Å². The van der Waals surface area contributed by atoms with Crippen molar-refractivity contribution >= 4 is 54.1 Å². The number of halogens is 2. The second kappa shape index (κ2) is 4.80. The van der Waals surface area contributed by atoms with Gasteiger partial charge in [0.25, 0.3) is 0 Å². The molecule has 1 aromatic rings. The van der Waals surface area contributed by atoms with Gasteiger partial charge in [0.1, 0.15) is 9.92 Å². The zero-order valence-electron chi connectivity index (χ0n) is 7.51. The van der Waals surface area contributed by atoms with Crippen LogP contribution in [-0.2, 0) is 9.92 Å². The molecule has 1 atom stereocenters. The van der Waals surface area contributed by atoms with E-state index in [-0.39, 0.29) is 0 Å². The van der Waals surface area contributed by atoms with Gasteiger partial charge in [-0.1, -0.05) is 6.92 Å². The Morgan fingerprint density at radius 1 is 1.64 bits per heavy atom. The average molecular weight is 389 g/mol. The fourth-order valence-electron chi connectivity index (χ4n) is 0.822. The lowest BCUT2D eigenvalue weighted by molar-refractivity contribution is 0.679. The van der Waals surface area contributed by atoms with Crippen molar-refractivity contribution in [2.24, 2.45) is 0 Å². The van der Waals surface area contributed by atoms with Crippen LogP contribution < -0.4 is 4.72 Å². The minimum absolute atomic E-state index is 0.305. The molecule has 6 heteroatoms. The third-order valence-electron chi connectivity index (χ3n) is 1.61. The molecule has 0 aliphatic carbocycles. The molecule has 1 aromatic carbocycles. The molecule has 0 aromatic heterocycles. The average Bonchev–Trinajstić information content (AvgIpc) is 2.11. The van der Waals surface area contributed by atoms with Gasteiger partial charge in [0.2, 0.25) is 0 Å². The first-order valence-corrected chi connectivity index (χ1v) is 7.54. The fourth-order valence-corrected chi connectivity index (χ4v) is 2.24. The number of benzene rings is 1. The SMILES string of the molecule is CCS(=N)(=O)Nc1ccc(Br)c(I)c1. The van der Waals surface area contributed by atoms with Gasteiger partial charge in [-0.3, -0.25) is 4.72 Å². The van der Waals surface area contributed by atoms with Gasteiger partial charge in [0.05, 0.1) is 0 Å². The molecule has 3 nitrogen and oxygen atoms in total. The Morgan fingerprint density at radius 2 is 2.29 bits per heavy atom. The predicted octanol–water partition coefficient (Wildman–Crippen LogP) is 3.45. The van der Waals surface area contributed by atoms with Crippen molar-refractivity contribution in [3.05, 3.63) is 26.2 Å². The first-order valence-electron chi connectivity index (χ1n) is 3.94. The van der Waals surface area contributed by atoms with E-state index in [1.807, 2.05) is 12.1 Å². The number of nitrogens with one attached hydrogen (secondary N) is 2. The number of anilines is 1. The molecule has 0 heterocycles. The summed E-state index contributed by atoms with van der Waals surface area (Å²) in [4.78, 5) is 0. The number of hydrogen-bond acceptors (Lipinski definition) is 2. The van der Waals surface area contributed by atoms with Crippen LogP contribution in [0.15, 0.2) is 22.7 Å². The van der Waals surface area contributed by atoms with Crippen LogP contribution in [0.4, 0.5) is 5.69 Å². The Balaban J connectivity index is 2.94. The van der Waals surface area contributed by atoms with Crippen molar-refractivity contribution in [1.29, 1.82) is 4.78 Å². The van der Waals surface area contributed by atoms with E-state index in [0.717, 1.165) is 13.7 Å². The monoisotopic (exact) mass is 388 g/mol. The second-order valence-corrected chi connectivity index (χ2v) is 6.84. The summed E-state index contributed by atoms with van der Waals surface area (Å²) < 4.78 is 23.6. The van der Waals surface area contributed by atoms with Crippen LogP contribution in [-0.4, -0.2) is 9.96 Å².